The van der Waals surface area contributed by atoms with Crippen LogP contribution in [0.25, 0.3) is 0 Å². The predicted octanol–water partition coefficient (Wildman–Crippen LogP) is 3.22. The van der Waals surface area contributed by atoms with E-state index in [1.807, 2.05) is 13.8 Å². The molecular formula is C13H17ClFNO. The number of nitrogens with zero attached hydrogens (tertiary/aromatic N) is 1. The lowest BCUT2D eigenvalue weighted by Crippen LogP contribution is -2.38. The van der Waals surface area contributed by atoms with Gasteiger partial charge < -0.3 is 4.90 Å². The Morgan fingerprint density at radius 1 is 1.47 bits per heavy atom. The van der Waals surface area contributed by atoms with E-state index in [1.54, 1.807) is 17.9 Å². The maximum Gasteiger partial charge on any atom is 0.257 e. The molecule has 0 atom stereocenters. The fraction of sp³-hybridized carbons (Fsp3) is 0.462. The number of halogens is 2. The van der Waals surface area contributed by atoms with Gasteiger partial charge in [-0.2, -0.15) is 0 Å². The molecular weight excluding hydrogens is 241 g/mol. The minimum atomic E-state index is -0.477. The number of benzene rings is 1. The van der Waals surface area contributed by atoms with Crippen LogP contribution in [-0.4, -0.2) is 29.3 Å². The molecule has 0 unspecified atom stereocenters. The van der Waals surface area contributed by atoms with Crippen LogP contribution in [0.4, 0.5) is 4.39 Å². The van der Waals surface area contributed by atoms with E-state index < -0.39 is 5.82 Å². The van der Waals surface area contributed by atoms with Gasteiger partial charge in [0.2, 0.25) is 0 Å². The molecule has 4 heteroatoms. The summed E-state index contributed by atoms with van der Waals surface area (Å²) < 4.78 is 13.7. The van der Waals surface area contributed by atoms with Crippen molar-refractivity contribution in [1.29, 1.82) is 0 Å². The standard InChI is InChI=1S/C13H17ClFNO/c1-9(2)16(7-6-14)13(17)11-5-4-10(3)8-12(11)15/h4-5,8-9H,6-7H2,1-3H3. The average molecular weight is 258 g/mol. The van der Waals surface area contributed by atoms with Gasteiger partial charge in [-0.1, -0.05) is 6.07 Å². The van der Waals surface area contributed by atoms with Crippen LogP contribution in [0, 0.1) is 12.7 Å². The van der Waals surface area contributed by atoms with Gasteiger partial charge in [0.25, 0.3) is 5.91 Å². The maximum atomic E-state index is 13.7. The molecule has 0 aromatic heterocycles. The summed E-state index contributed by atoms with van der Waals surface area (Å²) in [5, 5.41) is 0. The van der Waals surface area contributed by atoms with Crippen LogP contribution in [0.1, 0.15) is 29.8 Å². The zero-order chi connectivity index (χ0) is 13.0. The highest BCUT2D eigenvalue weighted by atomic mass is 35.5. The van der Waals surface area contributed by atoms with Crippen molar-refractivity contribution in [3.05, 3.63) is 35.1 Å². The van der Waals surface area contributed by atoms with Crippen molar-refractivity contribution in [3.8, 4) is 0 Å². The van der Waals surface area contributed by atoms with Crippen LogP contribution in [-0.2, 0) is 0 Å². The topological polar surface area (TPSA) is 20.3 Å². The number of alkyl halides is 1. The summed E-state index contributed by atoms with van der Waals surface area (Å²) in [6.45, 7) is 5.98. The van der Waals surface area contributed by atoms with E-state index in [9.17, 15) is 9.18 Å². The molecule has 0 saturated carbocycles. The van der Waals surface area contributed by atoms with Crippen LogP contribution in [0.3, 0.4) is 0 Å². The normalized spacial score (nSPS) is 10.7. The van der Waals surface area contributed by atoms with Crippen LogP contribution in [0.2, 0.25) is 0 Å². The number of carbonyl (C=O) groups excluding carboxylic acids is 1. The zero-order valence-corrected chi connectivity index (χ0v) is 11.1. The third-order valence-corrected chi connectivity index (χ3v) is 2.73. The highest BCUT2D eigenvalue weighted by Crippen LogP contribution is 2.14. The first kappa shape index (κ1) is 14.0. The molecule has 2 nitrogen and oxygen atoms in total. The molecule has 94 valence electrons. The maximum absolute atomic E-state index is 13.7. The van der Waals surface area contributed by atoms with Gasteiger partial charge in [0.15, 0.2) is 0 Å². The van der Waals surface area contributed by atoms with Gasteiger partial charge in [-0.25, -0.2) is 4.39 Å². The van der Waals surface area contributed by atoms with Crippen molar-refractivity contribution in [2.45, 2.75) is 26.8 Å². The second-order valence-corrected chi connectivity index (χ2v) is 4.64. The Morgan fingerprint density at radius 3 is 2.59 bits per heavy atom. The summed E-state index contributed by atoms with van der Waals surface area (Å²) >= 11 is 5.65. The van der Waals surface area contributed by atoms with E-state index in [2.05, 4.69) is 0 Å². The quantitative estimate of drug-likeness (QED) is 0.759. The molecule has 0 heterocycles. The van der Waals surface area contributed by atoms with Gasteiger partial charge >= 0.3 is 0 Å². The van der Waals surface area contributed by atoms with Gasteiger partial charge in [0.1, 0.15) is 5.82 Å². The Labute approximate surface area is 106 Å². The highest BCUT2D eigenvalue weighted by molar-refractivity contribution is 6.18. The molecule has 1 rings (SSSR count). The van der Waals surface area contributed by atoms with Gasteiger partial charge in [-0.05, 0) is 38.5 Å². The van der Waals surface area contributed by atoms with E-state index in [1.165, 1.54) is 12.1 Å². The fourth-order valence-electron chi connectivity index (χ4n) is 1.63. The summed E-state index contributed by atoms with van der Waals surface area (Å²) in [6.07, 6.45) is 0. The molecule has 0 bridgehead atoms. The average Bonchev–Trinajstić information content (AvgIpc) is 2.24. The smallest absolute Gasteiger partial charge is 0.257 e. The molecule has 0 spiro atoms. The molecule has 17 heavy (non-hydrogen) atoms. The highest BCUT2D eigenvalue weighted by Gasteiger charge is 2.20. The van der Waals surface area contributed by atoms with Crippen LogP contribution in [0.5, 0.6) is 0 Å². The number of rotatable bonds is 4. The van der Waals surface area contributed by atoms with Crippen LogP contribution in [0.15, 0.2) is 18.2 Å². The Morgan fingerprint density at radius 2 is 2.12 bits per heavy atom. The number of hydrogen-bond donors (Lipinski definition) is 0. The van der Waals surface area contributed by atoms with Crippen molar-refractivity contribution < 1.29 is 9.18 Å². The summed E-state index contributed by atoms with van der Waals surface area (Å²) in [6, 6.07) is 4.63. The molecule has 0 radical (unpaired) electrons. The Balaban J connectivity index is 3.01. The molecule has 0 fully saturated rings. The molecule has 0 saturated heterocycles. The Bertz CT molecular complexity index is 406. The number of aryl methyl sites for hydroxylation is 1. The van der Waals surface area contributed by atoms with Gasteiger partial charge in [-0.3, -0.25) is 4.79 Å². The molecule has 0 aliphatic carbocycles. The molecule has 1 amide bonds. The van der Waals surface area contributed by atoms with Crippen molar-refractivity contribution in [2.24, 2.45) is 0 Å². The van der Waals surface area contributed by atoms with Crippen LogP contribution < -0.4 is 0 Å². The minimum Gasteiger partial charge on any atom is -0.335 e. The first-order valence-electron chi connectivity index (χ1n) is 5.60. The summed E-state index contributed by atoms with van der Waals surface area (Å²) in [4.78, 5) is 13.7. The fourth-order valence-corrected chi connectivity index (χ4v) is 1.82. The first-order valence-corrected chi connectivity index (χ1v) is 6.14. The van der Waals surface area contributed by atoms with E-state index in [-0.39, 0.29) is 17.5 Å². The molecule has 1 aromatic rings. The van der Waals surface area contributed by atoms with Crippen molar-refractivity contribution >= 4 is 17.5 Å². The second-order valence-electron chi connectivity index (χ2n) is 4.26. The van der Waals surface area contributed by atoms with E-state index in [0.29, 0.717) is 12.4 Å². The van der Waals surface area contributed by atoms with Crippen molar-refractivity contribution in [2.75, 3.05) is 12.4 Å². The van der Waals surface area contributed by atoms with E-state index in [4.69, 9.17) is 11.6 Å². The largest absolute Gasteiger partial charge is 0.335 e. The number of hydrogen-bond acceptors (Lipinski definition) is 1. The molecule has 0 aliphatic rings. The molecule has 1 aromatic carbocycles. The summed E-state index contributed by atoms with van der Waals surface area (Å²) in [7, 11) is 0. The Kier molecular flexibility index (Phi) is 4.94. The lowest BCUT2D eigenvalue weighted by molar-refractivity contribution is 0.0713. The number of carbonyl (C=O) groups is 1. The molecule has 0 aliphatic heterocycles. The molecule has 0 N–H and O–H groups in total. The monoisotopic (exact) mass is 257 g/mol. The third-order valence-electron chi connectivity index (χ3n) is 2.56. The first-order chi connectivity index (χ1) is 7.97. The SMILES string of the molecule is Cc1ccc(C(=O)N(CCCl)C(C)C)c(F)c1. The second kappa shape index (κ2) is 6.01. The summed E-state index contributed by atoms with van der Waals surface area (Å²) in [5.74, 6) is -0.439. The van der Waals surface area contributed by atoms with Gasteiger partial charge in [0.05, 0.1) is 5.56 Å². The zero-order valence-electron chi connectivity index (χ0n) is 10.3. The van der Waals surface area contributed by atoms with Gasteiger partial charge in [-0.15, -0.1) is 11.6 Å². The van der Waals surface area contributed by atoms with Crippen molar-refractivity contribution in [3.63, 3.8) is 0 Å². The minimum absolute atomic E-state index is 0.00181. The van der Waals surface area contributed by atoms with Gasteiger partial charge in [0, 0.05) is 18.5 Å². The lowest BCUT2D eigenvalue weighted by atomic mass is 10.1. The van der Waals surface area contributed by atoms with E-state index >= 15 is 0 Å². The van der Waals surface area contributed by atoms with Crippen LogP contribution >= 0.6 is 11.6 Å². The lowest BCUT2D eigenvalue weighted by Gasteiger charge is -2.26. The third kappa shape index (κ3) is 3.43. The predicted molar refractivity (Wildman–Crippen MR) is 68.0 cm³/mol. The number of amides is 1. The summed E-state index contributed by atoms with van der Waals surface area (Å²) in [5.41, 5.74) is 0.905. The van der Waals surface area contributed by atoms with E-state index in [0.717, 1.165) is 5.56 Å². The van der Waals surface area contributed by atoms with Crippen molar-refractivity contribution in [1.82, 2.24) is 4.90 Å². The Hall–Kier alpha value is -1.09.